The second-order valence-corrected chi connectivity index (χ2v) is 25.8. The van der Waals surface area contributed by atoms with Gasteiger partial charge in [-0.1, -0.05) is 30.8 Å². The number of methoxy groups -OCH3 is 6. The fourth-order valence-corrected chi connectivity index (χ4v) is 8.91. The Bertz CT molecular complexity index is 4460. The molecule has 12 rings (SSSR count). The van der Waals surface area contributed by atoms with Crippen molar-refractivity contribution >= 4 is 116 Å². The maximum atomic E-state index is 11.2. The first-order chi connectivity index (χ1) is 53.6. The quantitative estimate of drug-likeness (QED) is 0.0122. The average molecular weight is 1840 g/mol. The molecule has 0 saturated carbocycles. The molecule has 42 heteroatoms. The number of carbonyl (C=O) groups excluding carboxylic acids is 5. The van der Waals surface area contributed by atoms with Crippen LogP contribution in [0.15, 0.2) is 97.1 Å². The molecule has 118 heavy (non-hydrogen) atoms. The van der Waals surface area contributed by atoms with Gasteiger partial charge in [0.1, 0.15) is 0 Å². The molecule has 33 nitrogen and oxygen atoms in total. The Hall–Kier alpha value is -9.83. The second kappa shape index (κ2) is 58.9. The summed E-state index contributed by atoms with van der Waals surface area (Å²) in [6.45, 7) is 19.5. The molecule has 0 unspecified atom stereocenters. The average Bonchev–Trinajstić information content (AvgIpc) is 1.71. The number of aliphatic hydroxyl groups is 1. The van der Waals surface area contributed by atoms with Gasteiger partial charge in [-0.15, -0.1) is 23.2 Å². The zero-order valence-electron chi connectivity index (χ0n) is 64.7. The second-order valence-electron chi connectivity index (χ2n) is 21.5. The summed E-state index contributed by atoms with van der Waals surface area (Å²) in [6.07, 6.45) is 0. The maximum Gasteiger partial charge on any atom is 1.00 e. The van der Waals surface area contributed by atoms with E-state index in [1.807, 2.05) is 18.2 Å². The van der Waals surface area contributed by atoms with Crippen molar-refractivity contribution in [2.75, 3.05) is 74.6 Å². The van der Waals surface area contributed by atoms with Gasteiger partial charge in [-0.3, -0.25) is 24.0 Å². The molecule has 8 aromatic rings. The van der Waals surface area contributed by atoms with Gasteiger partial charge in [0.2, 0.25) is 77.4 Å². The fraction of sp³-hybridized carbons (Fsp3) is 0.276. The van der Waals surface area contributed by atoms with E-state index in [0.29, 0.717) is 103 Å². The number of ketones is 5. The fourth-order valence-electron chi connectivity index (χ4n) is 8.75. The van der Waals surface area contributed by atoms with E-state index < -0.39 is 43.7 Å². The molecule has 634 valence electrons. The number of benzene rings is 8. The first-order valence-electron chi connectivity index (χ1n) is 31.3. The third-order valence-electron chi connectivity index (χ3n) is 14.1. The van der Waals surface area contributed by atoms with Gasteiger partial charge in [-0.25, -0.2) is 10.8 Å². The Morgan fingerprint density at radius 2 is 0.636 bits per heavy atom. The molecule has 4 heterocycles. The number of fused-ring (bicyclic) bond motifs is 4. The zero-order chi connectivity index (χ0) is 85.5. The number of rotatable bonds is 14. The van der Waals surface area contributed by atoms with E-state index in [4.69, 9.17) is 148 Å². The van der Waals surface area contributed by atoms with E-state index in [9.17, 15) is 44.4 Å². The summed E-state index contributed by atoms with van der Waals surface area (Å²) in [4.78, 5) is 58.4. The number of aliphatic hydroxyl groups excluding tert-OH is 1. The number of carbonyl (C=O) groups is 5. The van der Waals surface area contributed by atoms with Crippen LogP contribution in [-0.4, -0.2) is 181 Å². The molecule has 0 spiro atoms. The maximum absolute atomic E-state index is 11.2. The predicted molar refractivity (Wildman–Crippen MR) is 437 cm³/mol. The molecule has 0 fully saturated rings. The first-order valence-corrected chi connectivity index (χ1v) is 36.3. The molecule has 0 radical (unpaired) electrons. The van der Waals surface area contributed by atoms with Gasteiger partial charge in [0.15, 0.2) is 150 Å². The van der Waals surface area contributed by atoms with Crippen molar-refractivity contribution in [3.63, 3.8) is 0 Å². The molecule has 0 saturated heterocycles. The van der Waals surface area contributed by atoms with Gasteiger partial charge in [-0.05, 0) is 143 Å². The van der Waals surface area contributed by atoms with Crippen molar-refractivity contribution in [2.24, 2.45) is 0 Å². The standard InChI is InChI=1S/C10H9NO3.C10H10O4.C9H9ClO3.3C9H10O4.2C8H8O4.CH2BrCl.CN.2CH4.Al.Cl2OS.Li.Na.4H/c1-11-5-7-3-8(12-2)10-9(4-7)13-6-14-10;1-6(11)7-3-8(12-2)10-9(4-7)13-5-14-10;2*1-11-7-2-6(4-10)3-8-9(7)13-5-12-8;2*1-5(10)6-3-7(11)9(12)8(4-6)13-2;2*1-4(9)5-2-6(10)8(12)7(11)3-5;2-1-3;1-2;;;;1-4(2)3;;;;;;/h3-4H,5-6H2,2H3;3-4H,5H2,1-2H3;2-3H,4-5H2,1H3;2-3,10H,4-5H2,1H3;2*3-4,11-12H,1-2H3;2*2-3,10-12H,1H3;1H2;;2*1H4;;;;;;;;/q;;;;;;;;;-1;;;;;2*+1;;;;-1. The SMILES string of the molecule is C.C.CC(=O)c1cc(O)c(O)c(O)c1.CC(=O)c1cc(O)c(O)c(O)c1.COc1cc(C(C)=O)cc(O)c1O.COc1cc(C(C)=O)cc(O)c1O.COc1cc(C(C)=O)cc2c1OCO2.COc1cc(CCl)cc2c1OCO2.COc1cc(CO)cc2c1OCO2.ClCBr.O=S(Cl)Cl.[AlH3].[C-]#N.[C-]#[N+]Cc1cc(OC)c2c(c1)OCO2.[H-].[Li+].[Na+]. The number of Topliss-reactive ketones (excluding diaryl/α,β-unsaturated/α-hetero) is 5. The monoisotopic (exact) mass is 1830 g/mol. The third-order valence-corrected chi connectivity index (χ3v) is 14.4. The molecule has 0 bridgehead atoms. The van der Waals surface area contributed by atoms with Crippen LogP contribution < -0.4 is 115 Å². The van der Waals surface area contributed by atoms with Crippen LogP contribution in [0.25, 0.3) is 4.85 Å². The molecule has 0 amide bonds. The van der Waals surface area contributed by atoms with Crippen LogP contribution >= 0.6 is 60.5 Å². The first kappa shape index (κ1) is 114. The van der Waals surface area contributed by atoms with Crippen LogP contribution in [0.2, 0.25) is 0 Å². The number of nitrogens with zero attached hydrogens (tertiary/aromatic N) is 2. The van der Waals surface area contributed by atoms with Gasteiger partial charge >= 0.3 is 48.4 Å². The van der Waals surface area contributed by atoms with Gasteiger partial charge in [0.25, 0.3) is 0 Å². The zero-order valence-corrected chi connectivity index (χ0v) is 71.1. The topological polar surface area (TPSA) is 482 Å². The molecular weight excluding hydrogens is 1750 g/mol. The Balaban J connectivity index is -0.000000407. The van der Waals surface area contributed by atoms with Gasteiger partial charge in [-0.2, -0.15) is 0 Å². The summed E-state index contributed by atoms with van der Waals surface area (Å²) in [5, 5.41) is 106. The normalized spacial score (nSPS) is 10.4. The predicted octanol–water partition coefficient (Wildman–Crippen LogP) is 8.10. The molecule has 4 aliphatic heterocycles. The summed E-state index contributed by atoms with van der Waals surface area (Å²) in [6, 6.07) is 23.6. The van der Waals surface area contributed by atoms with Crippen LogP contribution in [0.3, 0.4) is 0 Å². The number of hydrogen-bond acceptors (Lipinski definition) is 32. The number of hydrogen-bond donors (Lipinski definition) is 11. The van der Waals surface area contributed by atoms with E-state index in [-0.39, 0.29) is 190 Å². The van der Waals surface area contributed by atoms with Crippen LogP contribution in [0.4, 0.5) is 0 Å². The number of halogens is 5. The number of phenols is 10. The van der Waals surface area contributed by atoms with Gasteiger partial charge < -0.3 is 141 Å². The van der Waals surface area contributed by atoms with Crippen LogP contribution in [0.1, 0.15) is 119 Å². The molecule has 8 aromatic carbocycles. The van der Waals surface area contributed by atoms with E-state index in [2.05, 4.69) is 42.1 Å². The number of ether oxygens (including phenoxy) is 14. The molecule has 11 N–H and O–H groups in total. The van der Waals surface area contributed by atoms with Crippen LogP contribution in [0.5, 0.6) is 138 Å². The third kappa shape index (κ3) is 35.8. The number of aromatic hydroxyl groups is 10. The van der Waals surface area contributed by atoms with Crippen molar-refractivity contribution in [2.45, 2.75) is 68.5 Å². The molecule has 0 aromatic heterocycles. The Labute approximate surface area is 756 Å². The van der Waals surface area contributed by atoms with Crippen LogP contribution in [-0.2, 0) is 28.3 Å². The van der Waals surface area contributed by atoms with E-state index in [1.165, 1.54) is 80.2 Å². The summed E-state index contributed by atoms with van der Waals surface area (Å²) in [5.74, 6) is 2.40. The summed E-state index contributed by atoms with van der Waals surface area (Å²) in [7, 11) is 16.3. The van der Waals surface area contributed by atoms with Crippen LogP contribution in [0, 0.1) is 18.4 Å². The van der Waals surface area contributed by atoms with Gasteiger partial charge in [0, 0.05) is 60.6 Å². The van der Waals surface area contributed by atoms with Crippen molar-refractivity contribution in [3.05, 3.63) is 160 Å². The minimum absolute atomic E-state index is 0. The van der Waals surface area contributed by atoms with Crippen molar-refractivity contribution in [1.82, 2.24) is 0 Å². The van der Waals surface area contributed by atoms with Crippen molar-refractivity contribution in [1.29, 1.82) is 5.26 Å². The number of phenolic OH excluding ortho intramolecular Hbond substituents is 10. The van der Waals surface area contributed by atoms with E-state index in [0.717, 1.165) is 41.0 Å². The smallest absolute Gasteiger partial charge is 1.00 e. The Morgan fingerprint density at radius 1 is 0.424 bits per heavy atom. The molecular formula is C76H88AlBrCl4LiN2NaO31S. The van der Waals surface area contributed by atoms with Crippen molar-refractivity contribution < 1.29 is 201 Å². The van der Waals surface area contributed by atoms with E-state index >= 15 is 0 Å². The van der Waals surface area contributed by atoms with E-state index in [1.54, 1.807) is 51.7 Å². The summed E-state index contributed by atoms with van der Waals surface area (Å²) < 4.78 is 80.7. The Morgan fingerprint density at radius 3 is 0.890 bits per heavy atom. The molecule has 0 aliphatic carbocycles. The van der Waals surface area contributed by atoms with Gasteiger partial charge in [0.05, 0.1) is 54.1 Å². The summed E-state index contributed by atoms with van der Waals surface area (Å²) in [5.41, 5.74) is 4.06. The summed E-state index contributed by atoms with van der Waals surface area (Å²) >= 11 is 13.5. The number of alkyl halides is 3. The van der Waals surface area contributed by atoms with Crippen molar-refractivity contribution in [3.8, 4) is 138 Å². The largest absolute Gasteiger partial charge is 1.00 e. The minimum Gasteiger partial charge on any atom is -1.00 e. The minimum atomic E-state index is -1.67. The Kier molecular flexibility index (Phi) is 57.2. The molecule has 4 aliphatic rings. The molecule has 0 atom stereocenters.